The van der Waals surface area contributed by atoms with Crippen molar-refractivity contribution >= 4 is 17.9 Å². The Bertz CT molecular complexity index is 1730. The molecule has 0 saturated heterocycles. The summed E-state index contributed by atoms with van der Waals surface area (Å²) in [5.41, 5.74) is 0. The van der Waals surface area contributed by atoms with E-state index in [0.717, 1.165) is 89.9 Å². The van der Waals surface area contributed by atoms with E-state index in [0.29, 0.717) is 19.3 Å². The van der Waals surface area contributed by atoms with Crippen molar-refractivity contribution in [3.05, 3.63) is 194 Å². The summed E-state index contributed by atoms with van der Waals surface area (Å²) in [6.07, 6.45) is 82.8. The van der Waals surface area contributed by atoms with E-state index in [1.54, 1.807) is 0 Å². The van der Waals surface area contributed by atoms with Gasteiger partial charge >= 0.3 is 17.9 Å². The number of esters is 3. The standard InChI is InChI=1S/C62H88O6/c1-4-7-10-13-16-19-22-25-27-29-31-33-34-37-40-43-46-49-52-55-61(64)67-58-59(57-66-60(63)54-51-48-45-42-39-36-24-21-18-15-12-9-6-3)68-62(65)56-53-50-47-44-41-38-35-32-30-28-26-23-20-17-14-11-8-5-2/h7,9-12,14-21,23-28,30-33,35-37,39-40,42,45-46,49,59H,4-6,8,13,22,29,34,38,41,43-44,47-48,50-58H2,1-3H3/b10-7-,12-9-,14-11-,18-15-,19-16-,20-17-,24-21-,26-23-,27-25-,30-28-,33-31-,35-32-,39-36-,40-37-,45-42-,49-46-. The Labute approximate surface area is 414 Å². The summed E-state index contributed by atoms with van der Waals surface area (Å²) in [6, 6.07) is 0. The summed E-state index contributed by atoms with van der Waals surface area (Å²) in [6.45, 7) is 6.09. The zero-order valence-electron chi connectivity index (χ0n) is 42.3. The normalized spacial score (nSPS) is 13.8. The third kappa shape index (κ3) is 51.2. The van der Waals surface area contributed by atoms with Crippen LogP contribution in [0.2, 0.25) is 0 Å². The molecule has 0 spiro atoms. The first-order valence-electron chi connectivity index (χ1n) is 25.6. The maximum Gasteiger partial charge on any atom is 0.306 e. The third-order valence-corrected chi connectivity index (χ3v) is 9.56. The number of rotatable bonds is 42. The molecule has 0 fully saturated rings. The van der Waals surface area contributed by atoms with Crippen molar-refractivity contribution in [1.82, 2.24) is 0 Å². The highest BCUT2D eigenvalue weighted by molar-refractivity contribution is 5.71. The van der Waals surface area contributed by atoms with E-state index < -0.39 is 12.1 Å². The molecule has 0 amide bonds. The molecule has 6 heteroatoms. The number of allylic oxidation sites excluding steroid dienone is 32. The molecule has 0 aromatic rings. The van der Waals surface area contributed by atoms with Gasteiger partial charge in [-0.05, 0) is 89.9 Å². The Hall–Kier alpha value is -5.75. The first kappa shape index (κ1) is 62.2. The number of hydrogen-bond acceptors (Lipinski definition) is 6. The van der Waals surface area contributed by atoms with Crippen molar-refractivity contribution in [2.24, 2.45) is 0 Å². The van der Waals surface area contributed by atoms with Gasteiger partial charge in [0.15, 0.2) is 6.10 Å². The van der Waals surface area contributed by atoms with Gasteiger partial charge in [0.1, 0.15) is 13.2 Å². The topological polar surface area (TPSA) is 78.9 Å². The van der Waals surface area contributed by atoms with E-state index in [1.807, 2.05) is 103 Å². The van der Waals surface area contributed by atoms with Gasteiger partial charge in [0.05, 0.1) is 0 Å². The number of carbonyl (C=O) groups is 3. The van der Waals surface area contributed by atoms with Crippen LogP contribution in [0.3, 0.4) is 0 Å². The average molecular weight is 929 g/mol. The lowest BCUT2D eigenvalue weighted by Gasteiger charge is -2.18. The van der Waals surface area contributed by atoms with Gasteiger partial charge in [0.25, 0.3) is 0 Å². The van der Waals surface area contributed by atoms with Crippen molar-refractivity contribution < 1.29 is 28.6 Å². The molecule has 6 nitrogen and oxygen atoms in total. The average Bonchev–Trinajstić information content (AvgIpc) is 3.34. The number of carbonyl (C=O) groups excluding carboxylic acids is 3. The van der Waals surface area contributed by atoms with Crippen LogP contribution in [0.1, 0.15) is 156 Å². The smallest absolute Gasteiger partial charge is 0.306 e. The molecule has 0 bridgehead atoms. The fraction of sp³-hybridized carbons (Fsp3) is 0.435. The fourth-order valence-electron chi connectivity index (χ4n) is 5.82. The molecule has 0 aliphatic carbocycles. The third-order valence-electron chi connectivity index (χ3n) is 9.56. The zero-order chi connectivity index (χ0) is 49.3. The molecule has 0 rings (SSSR count). The second-order valence-electron chi connectivity index (χ2n) is 15.8. The second kappa shape index (κ2) is 53.9. The molecule has 1 unspecified atom stereocenters. The molecular formula is C62H88O6. The van der Waals surface area contributed by atoms with Gasteiger partial charge in [0.2, 0.25) is 0 Å². The number of hydrogen-bond donors (Lipinski definition) is 0. The maximum atomic E-state index is 12.8. The van der Waals surface area contributed by atoms with Crippen LogP contribution in [-0.2, 0) is 28.6 Å². The van der Waals surface area contributed by atoms with E-state index in [1.165, 1.54) is 6.42 Å². The van der Waals surface area contributed by atoms with Crippen LogP contribution in [0.5, 0.6) is 0 Å². The Morgan fingerprint density at radius 2 is 0.691 bits per heavy atom. The Balaban J connectivity index is 4.70. The monoisotopic (exact) mass is 929 g/mol. The first-order valence-corrected chi connectivity index (χ1v) is 25.6. The predicted octanol–water partition coefficient (Wildman–Crippen LogP) is 17.1. The largest absolute Gasteiger partial charge is 0.462 e. The summed E-state index contributed by atoms with van der Waals surface area (Å²) < 4.78 is 16.6. The van der Waals surface area contributed by atoms with E-state index in [2.05, 4.69) is 112 Å². The fourth-order valence-corrected chi connectivity index (χ4v) is 5.82. The SMILES string of the molecule is CC\C=C/C=C\C=C/C=C\C=C/CCCC(=O)OCC(COC(=O)CC/C=C\C/C=C\C/C=C\C/C=C\C/C=C\C/C=C\CC)OC(=O)CCCCCCC\C=C/C=C\C=C/C=C\C=C/CCC. The van der Waals surface area contributed by atoms with Crippen LogP contribution in [0, 0.1) is 0 Å². The Morgan fingerprint density at radius 1 is 0.324 bits per heavy atom. The van der Waals surface area contributed by atoms with Crippen LogP contribution in [0.15, 0.2) is 194 Å². The Kier molecular flexibility index (Phi) is 49.3. The highest BCUT2D eigenvalue weighted by Crippen LogP contribution is 2.11. The molecule has 0 aliphatic heterocycles. The minimum atomic E-state index is -0.864. The van der Waals surface area contributed by atoms with Crippen LogP contribution in [0.4, 0.5) is 0 Å². The molecule has 0 aliphatic rings. The molecule has 68 heavy (non-hydrogen) atoms. The predicted molar refractivity (Wildman–Crippen MR) is 292 cm³/mol. The van der Waals surface area contributed by atoms with E-state index in [-0.39, 0.29) is 44.4 Å². The highest BCUT2D eigenvalue weighted by atomic mass is 16.6. The van der Waals surface area contributed by atoms with Gasteiger partial charge in [-0.25, -0.2) is 0 Å². The molecule has 1 atom stereocenters. The van der Waals surface area contributed by atoms with E-state index in [9.17, 15) is 14.4 Å². The number of unbranched alkanes of at least 4 members (excludes halogenated alkanes) is 7. The van der Waals surface area contributed by atoms with Crippen molar-refractivity contribution in [2.75, 3.05) is 13.2 Å². The van der Waals surface area contributed by atoms with Gasteiger partial charge in [-0.2, -0.15) is 0 Å². The molecule has 0 heterocycles. The van der Waals surface area contributed by atoms with Crippen LogP contribution in [0.25, 0.3) is 0 Å². The molecule has 372 valence electrons. The maximum absolute atomic E-state index is 12.8. The van der Waals surface area contributed by atoms with Crippen LogP contribution >= 0.6 is 0 Å². The van der Waals surface area contributed by atoms with Crippen molar-refractivity contribution in [3.8, 4) is 0 Å². The quantitative estimate of drug-likeness (QED) is 0.0199. The Morgan fingerprint density at radius 3 is 1.18 bits per heavy atom. The summed E-state index contributed by atoms with van der Waals surface area (Å²) >= 11 is 0. The second-order valence-corrected chi connectivity index (χ2v) is 15.8. The molecule has 0 saturated carbocycles. The van der Waals surface area contributed by atoms with Gasteiger partial charge in [-0.15, -0.1) is 0 Å². The van der Waals surface area contributed by atoms with E-state index in [4.69, 9.17) is 14.2 Å². The lowest BCUT2D eigenvalue weighted by molar-refractivity contribution is -0.166. The number of ether oxygens (including phenoxy) is 3. The minimum absolute atomic E-state index is 0.161. The highest BCUT2D eigenvalue weighted by Gasteiger charge is 2.19. The first-order chi connectivity index (χ1) is 33.5. The lowest BCUT2D eigenvalue weighted by atomic mass is 10.1. The lowest BCUT2D eigenvalue weighted by Crippen LogP contribution is -2.30. The van der Waals surface area contributed by atoms with Crippen molar-refractivity contribution in [3.63, 3.8) is 0 Å². The van der Waals surface area contributed by atoms with Crippen LogP contribution < -0.4 is 0 Å². The minimum Gasteiger partial charge on any atom is -0.462 e. The van der Waals surface area contributed by atoms with Gasteiger partial charge in [0, 0.05) is 19.3 Å². The zero-order valence-corrected chi connectivity index (χ0v) is 42.3. The summed E-state index contributed by atoms with van der Waals surface area (Å²) in [4.78, 5) is 38.0. The van der Waals surface area contributed by atoms with Gasteiger partial charge < -0.3 is 14.2 Å². The van der Waals surface area contributed by atoms with Gasteiger partial charge in [-0.1, -0.05) is 241 Å². The molecule has 0 aromatic heterocycles. The summed E-state index contributed by atoms with van der Waals surface area (Å²) in [5.74, 6) is -1.16. The van der Waals surface area contributed by atoms with Crippen molar-refractivity contribution in [2.45, 2.75) is 162 Å². The van der Waals surface area contributed by atoms with E-state index >= 15 is 0 Å². The van der Waals surface area contributed by atoms with Crippen LogP contribution in [-0.4, -0.2) is 37.2 Å². The van der Waals surface area contributed by atoms with Crippen molar-refractivity contribution in [1.29, 1.82) is 0 Å². The molecule has 0 radical (unpaired) electrons. The van der Waals surface area contributed by atoms with Gasteiger partial charge in [-0.3, -0.25) is 14.4 Å². The molecule has 0 N–H and O–H groups in total. The summed E-state index contributed by atoms with van der Waals surface area (Å²) in [5, 5.41) is 0. The summed E-state index contributed by atoms with van der Waals surface area (Å²) in [7, 11) is 0. The molecular weight excluding hydrogens is 841 g/mol. The molecule has 0 aromatic carbocycles.